The van der Waals surface area contributed by atoms with Gasteiger partial charge in [0.15, 0.2) is 5.82 Å². The van der Waals surface area contributed by atoms with Crippen molar-refractivity contribution < 1.29 is 18.0 Å². The van der Waals surface area contributed by atoms with E-state index in [0.717, 1.165) is 17.1 Å². The van der Waals surface area contributed by atoms with E-state index < -0.39 is 17.8 Å². The van der Waals surface area contributed by atoms with Crippen molar-refractivity contribution in [2.75, 3.05) is 5.73 Å². The fraction of sp³-hybridized carbons (Fsp3) is 0.111. The third-order valence-corrected chi connectivity index (χ3v) is 2.16. The summed E-state index contributed by atoms with van der Waals surface area (Å²) in [7, 11) is 0. The molecule has 0 aliphatic carbocycles. The predicted octanol–water partition coefficient (Wildman–Crippen LogP) is 0.362. The van der Waals surface area contributed by atoms with Crippen LogP contribution in [0.5, 0.6) is 0 Å². The van der Waals surface area contributed by atoms with Gasteiger partial charge in [0.25, 0.3) is 5.91 Å². The van der Waals surface area contributed by atoms with E-state index in [4.69, 9.17) is 11.5 Å². The number of hydrogen-bond donors (Lipinski definition) is 2. The van der Waals surface area contributed by atoms with Gasteiger partial charge in [0.1, 0.15) is 12.0 Å². The molecule has 0 unspecified atom stereocenters. The van der Waals surface area contributed by atoms with Crippen molar-refractivity contribution in [2.45, 2.75) is 6.18 Å². The Morgan fingerprint density at radius 2 is 2.00 bits per heavy atom. The van der Waals surface area contributed by atoms with Crippen LogP contribution in [0.2, 0.25) is 0 Å². The summed E-state index contributed by atoms with van der Waals surface area (Å²) in [5.74, 6) is -1.49. The molecule has 0 saturated heterocycles. The minimum Gasteiger partial charge on any atom is -0.366 e. The molecule has 1 amide bonds. The molecule has 0 aliphatic heterocycles. The van der Waals surface area contributed by atoms with Crippen LogP contribution in [0.4, 0.5) is 19.1 Å². The minimum atomic E-state index is -4.66. The van der Waals surface area contributed by atoms with Gasteiger partial charge in [0, 0.05) is 0 Å². The lowest BCUT2D eigenvalue weighted by atomic mass is 10.2. The first-order valence-corrected chi connectivity index (χ1v) is 4.84. The molecular formula is C9H7F3N6O. The number of aromatic nitrogens is 4. The molecule has 4 N–H and O–H groups in total. The van der Waals surface area contributed by atoms with E-state index in [0.29, 0.717) is 6.07 Å². The van der Waals surface area contributed by atoms with Gasteiger partial charge in [-0.1, -0.05) is 0 Å². The van der Waals surface area contributed by atoms with Crippen molar-refractivity contribution in [3.63, 3.8) is 0 Å². The number of hydrogen-bond acceptors (Lipinski definition) is 5. The second-order valence-electron chi connectivity index (χ2n) is 3.48. The van der Waals surface area contributed by atoms with E-state index in [1.54, 1.807) is 0 Å². The molecular weight excluding hydrogens is 265 g/mol. The smallest absolute Gasteiger partial charge is 0.366 e. The third-order valence-electron chi connectivity index (χ3n) is 2.16. The molecule has 2 heterocycles. The number of alkyl halides is 3. The maximum absolute atomic E-state index is 12.6. The SMILES string of the molecule is NC(=O)c1ccc(C(F)(F)F)nc1-n1cnc(N)n1. The number of anilines is 1. The van der Waals surface area contributed by atoms with E-state index in [9.17, 15) is 18.0 Å². The molecule has 0 radical (unpaired) electrons. The molecule has 0 atom stereocenters. The van der Waals surface area contributed by atoms with E-state index in [2.05, 4.69) is 15.1 Å². The highest BCUT2D eigenvalue weighted by Gasteiger charge is 2.33. The maximum Gasteiger partial charge on any atom is 0.433 e. The first kappa shape index (κ1) is 12.8. The number of carbonyl (C=O) groups is 1. The lowest BCUT2D eigenvalue weighted by Gasteiger charge is -2.10. The average molecular weight is 272 g/mol. The number of nitrogens with zero attached hydrogens (tertiary/aromatic N) is 4. The summed E-state index contributed by atoms with van der Waals surface area (Å²) in [5.41, 5.74) is 8.92. The van der Waals surface area contributed by atoms with Gasteiger partial charge < -0.3 is 11.5 Å². The van der Waals surface area contributed by atoms with Crippen LogP contribution in [0.25, 0.3) is 5.82 Å². The molecule has 7 nitrogen and oxygen atoms in total. The number of pyridine rings is 1. The standard InChI is InChI=1S/C9H7F3N6O/c10-9(11,12)5-2-1-4(6(13)19)7(16-5)18-3-15-8(14)17-18/h1-3H,(H2,13,19)(H2,14,17). The van der Waals surface area contributed by atoms with Crippen LogP contribution in [-0.2, 0) is 6.18 Å². The van der Waals surface area contributed by atoms with Gasteiger partial charge in [0.2, 0.25) is 5.95 Å². The summed E-state index contributed by atoms with van der Waals surface area (Å²) in [5, 5.41) is 3.59. The van der Waals surface area contributed by atoms with Crippen LogP contribution in [0.1, 0.15) is 16.1 Å². The molecule has 10 heteroatoms. The van der Waals surface area contributed by atoms with Crippen LogP contribution in [0.15, 0.2) is 18.5 Å². The van der Waals surface area contributed by atoms with Gasteiger partial charge in [-0.2, -0.15) is 17.9 Å². The zero-order valence-corrected chi connectivity index (χ0v) is 9.22. The zero-order valence-electron chi connectivity index (χ0n) is 9.22. The highest BCUT2D eigenvalue weighted by Crippen LogP contribution is 2.28. The maximum atomic E-state index is 12.6. The Morgan fingerprint density at radius 1 is 1.32 bits per heavy atom. The van der Waals surface area contributed by atoms with Crippen molar-refractivity contribution >= 4 is 11.9 Å². The molecule has 0 spiro atoms. The Morgan fingerprint density at radius 3 is 2.47 bits per heavy atom. The van der Waals surface area contributed by atoms with E-state index in [1.807, 2.05) is 0 Å². The number of halogens is 3. The Labute approximate surface area is 104 Å². The van der Waals surface area contributed by atoms with Crippen molar-refractivity contribution in [1.82, 2.24) is 19.7 Å². The molecule has 0 saturated carbocycles. The quantitative estimate of drug-likeness (QED) is 0.819. The topological polar surface area (TPSA) is 113 Å². The van der Waals surface area contributed by atoms with Crippen molar-refractivity contribution in [2.24, 2.45) is 5.73 Å². The molecule has 0 bridgehead atoms. The van der Waals surface area contributed by atoms with Gasteiger partial charge in [-0.05, 0) is 12.1 Å². The number of primary amides is 1. The van der Waals surface area contributed by atoms with E-state index in [-0.39, 0.29) is 17.3 Å². The summed E-state index contributed by atoms with van der Waals surface area (Å²) >= 11 is 0. The largest absolute Gasteiger partial charge is 0.433 e. The van der Waals surface area contributed by atoms with Gasteiger partial charge in [-0.3, -0.25) is 4.79 Å². The number of nitrogens with two attached hydrogens (primary N) is 2. The van der Waals surface area contributed by atoms with Crippen LogP contribution in [-0.4, -0.2) is 25.7 Å². The summed E-state index contributed by atoms with van der Waals surface area (Å²) < 4.78 is 38.6. The van der Waals surface area contributed by atoms with Gasteiger partial charge in [0.05, 0.1) is 5.56 Å². The fourth-order valence-electron chi connectivity index (χ4n) is 1.35. The molecule has 2 aromatic heterocycles. The second kappa shape index (κ2) is 4.23. The second-order valence-corrected chi connectivity index (χ2v) is 3.48. The Bertz CT molecular complexity index is 635. The van der Waals surface area contributed by atoms with Crippen LogP contribution in [0.3, 0.4) is 0 Å². The third kappa shape index (κ3) is 2.46. The highest BCUT2D eigenvalue weighted by atomic mass is 19.4. The summed E-state index contributed by atoms with van der Waals surface area (Å²) in [6.45, 7) is 0. The van der Waals surface area contributed by atoms with Gasteiger partial charge in [-0.25, -0.2) is 9.97 Å². The molecule has 0 aliphatic rings. The molecule has 0 fully saturated rings. The molecule has 2 rings (SSSR count). The van der Waals surface area contributed by atoms with Crippen LogP contribution >= 0.6 is 0 Å². The van der Waals surface area contributed by atoms with Gasteiger partial charge >= 0.3 is 6.18 Å². The van der Waals surface area contributed by atoms with E-state index >= 15 is 0 Å². The fourth-order valence-corrected chi connectivity index (χ4v) is 1.35. The molecule has 100 valence electrons. The minimum absolute atomic E-state index is 0.172. The average Bonchev–Trinajstić information content (AvgIpc) is 2.73. The summed E-state index contributed by atoms with van der Waals surface area (Å²) in [6, 6.07) is 1.58. The number of rotatable bonds is 2. The highest BCUT2D eigenvalue weighted by molar-refractivity contribution is 5.95. The Kier molecular flexibility index (Phi) is 2.85. The van der Waals surface area contributed by atoms with Gasteiger partial charge in [-0.15, -0.1) is 5.10 Å². The predicted molar refractivity (Wildman–Crippen MR) is 57.1 cm³/mol. The van der Waals surface area contributed by atoms with Crippen LogP contribution in [0, 0.1) is 0 Å². The lowest BCUT2D eigenvalue weighted by molar-refractivity contribution is -0.141. The summed E-state index contributed by atoms with van der Waals surface area (Å²) in [4.78, 5) is 18.0. The van der Waals surface area contributed by atoms with E-state index in [1.165, 1.54) is 0 Å². The monoisotopic (exact) mass is 272 g/mol. The number of nitrogen functional groups attached to an aromatic ring is 1. The lowest BCUT2D eigenvalue weighted by Crippen LogP contribution is -2.19. The molecule has 2 aromatic rings. The Hall–Kier alpha value is -2.65. The zero-order chi connectivity index (χ0) is 14.2. The van der Waals surface area contributed by atoms with Crippen LogP contribution < -0.4 is 11.5 Å². The Balaban J connectivity index is 2.64. The van der Waals surface area contributed by atoms with Crippen molar-refractivity contribution in [3.05, 3.63) is 29.7 Å². The summed E-state index contributed by atoms with van der Waals surface area (Å²) in [6.07, 6.45) is -3.62. The first-order valence-electron chi connectivity index (χ1n) is 4.84. The number of amides is 1. The van der Waals surface area contributed by atoms with Crippen molar-refractivity contribution in [1.29, 1.82) is 0 Å². The van der Waals surface area contributed by atoms with Crippen molar-refractivity contribution in [3.8, 4) is 5.82 Å². The molecule has 0 aromatic carbocycles. The first-order chi connectivity index (χ1) is 8.79. The number of carbonyl (C=O) groups excluding carboxylic acids is 1. The molecule has 19 heavy (non-hydrogen) atoms. The normalized spacial score (nSPS) is 11.5.